The third-order valence-corrected chi connectivity index (χ3v) is 4.25. The van der Waals surface area contributed by atoms with Crippen molar-refractivity contribution in [2.24, 2.45) is 5.41 Å². The lowest BCUT2D eigenvalue weighted by atomic mass is 9.81. The molecule has 0 N–H and O–H groups in total. The molecule has 0 amide bonds. The average Bonchev–Trinajstić information content (AvgIpc) is 2.71. The van der Waals surface area contributed by atoms with Crippen molar-refractivity contribution < 1.29 is 0 Å². The van der Waals surface area contributed by atoms with Crippen LogP contribution in [0.25, 0.3) is 5.57 Å². The maximum Gasteiger partial charge on any atom is 0.0308 e. The van der Waals surface area contributed by atoms with Crippen LogP contribution in [0.5, 0.6) is 0 Å². The molecule has 0 saturated carbocycles. The number of rotatable bonds is 1. The largest absolute Gasteiger partial charge is 0.0622 e. The van der Waals surface area contributed by atoms with E-state index in [1.165, 1.54) is 27.8 Å². The first-order valence-corrected chi connectivity index (χ1v) is 7.35. The Labute approximate surface area is 122 Å². The predicted molar refractivity (Wildman–Crippen MR) is 86.8 cm³/mol. The van der Waals surface area contributed by atoms with Crippen LogP contribution in [0.2, 0.25) is 0 Å². The van der Waals surface area contributed by atoms with Crippen LogP contribution in [0.1, 0.15) is 50.3 Å². The summed E-state index contributed by atoms with van der Waals surface area (Å²) in [5.74, 6) is 0.418. The van der Waals surface area contributed by atoms with Crippen molar-refractivity contribution in [2.45, 2.75) is 33.6 Å². The fourth-order valence-corrected chi connectivity index (χ4v) is 3.64. The summed E-state index contributed by atoms with van der Waals surface area (Å²) in [5, 5.41) is 0. The molecule has 1 atom stereocenters. The van der Waals surface area contributed by atoms with Crippen LogP contribution in [-0.4, -0.2) is 0 Å². The molecule has 1 unspecified atom stereocenters. The first kappa shape index (κ1) is 13.2. The van der Waals surface area contributed by atoms with Crippen LogP contribution in [-0.2, 0) is 0 Å². The normalized spacial score (nSPS) is 18.3. The molecule has 20 heavy (non-hydrogen) atoms. The molecule has 2 aromatic carbocycles. The summed E-state index contributed by atoms with van der Waals surface area (Å²) in [5.41, 5.74) is 7.50. The van der Waals surface area contributed by atoms with Gasteiger partial charge >= 0.3 is 0 Å². The highest BCUT2D eigenvalue weighted by atomic mass is 14.4. The Kier molecular flexibility index (Phi) is 3.05. The van der Waals surface area contributed by atoms with Gasteiger partial charge in [-0.2, -0.15) is 0 Å². The fourth-order valence-electron chi connectivity index (χ4n) is 3.64. The van der Waals surface area contributed by atoms with Crippen LogP contribution in [0, 0.1) is 5.41 Å². The van der Waals surface area contributed by atoms with Crippen LogP contribution in [0.3, 0.4) is 0 Å². The van der Waals surface area contributed by atoms with E-state index >= 15 is 0 Å². The second-order valence-corrected chi connectivity index (χ2v) is 6.74. The minimum Gasteiger partial charge on any atom is -0.0622 e. The molecule has 0 fully saturated rings. The average molecular weight is 262 g/mol. The van der Waals surface area contributed by atoms with Crippen LogP contribution in [0.15, 0.2) is 60.2 Å². The van der Waals surface area contributed by atoms with Gasteiger partial charge < -0.3 is 0 Å². The van der Waals surface area contributed by atoms with Gasteiger partial charge in [-0.15, -0.1) is 0 Å². The summed E-state index contributed by atoms with van der Waals surface area (Å²) < 4.78 is 0. The smallest absolute Gasteiger partial charge is 0.0308 e. The Hall–Kier alpha value is -1.82. The van der Waals surface area contributed by atoms with Gasteiger partial charge in [0.25, 0.3) is 0 Å². The van der Waals surface area contributed by atoms with Gasteiger partial charge in [-0.25, -0.2) is 0 Å². The van der Waals surface area contributed by atoms with Crippen molar-refractivity contribution in [3.63, 3.8) is 0 Å². The molecule has 3 rings (SSSR count). The van der Waals surface area contributed by atoms with Crippen molar-refractivity contribution in [1.82, 2.24) is 0 Å². The third kappa shape index (κ3) is 2.00. The van der Waals surface area contributed by atoms with Gasteiger partial charge in [-0.1, -0.05) is 80.9 Å². The summed E-state index contributed by atoms with van der Waals surface area (Å²) in [6.07, 6.45) is 0. The molecular formula is C20H22. The molecule has 0 aromatic heterocycles. The lowest BCUT2D eigenvalue weighted by molar-refractivity contribution is 0.564. The number of hydrogen-bond donors (Lipinski definition) is 0. The van der Waals surface area contributed by atoms with Gasteiger partial charge in [-0.3, -0.25) is 0 Å². The topological polar surface area (TPSA) is 0 Å². The molecule has 0 spiro atoms. The van der Waals surface area contributed by atoms with E-state index in [0.29, 0.717) is 5.92 Å². The minimum atomic E-state index is 0.184. The third-order valence-electron chi connectivity index (χ3n) is 4.25. The molecule has 102 valence electrons. The lowest BCUT2D eigenvalue weighted by Crippen LogP contribution is -2.08. The monoisotopic (exact) mass is 262 g/mol. The van der Waals surface area contributed by atoms with Crippen molar-refractivity contribution in [3.05, 3.63) is 76.9 Å². The van der Waals surface area contributed by atoms with E-state index < -0.39 is 0 Å². The molecule has 1 aliphatic carbocycles. The van der Waals surface area contributed by atoms with Gasteiger partial charge in [-0.05, 0) is 34.6 Å². The zero-order valence-electron chi connectivity index (χ0n) is 12.8. The summed E-state index contributed by atoms with van der Waals surface area (Å²) in [6, 6.07) is 19.7. The highest BCUT2D eigenvalue weighted by Gasteiger charge is 2.34. The molecule has 0 heterocycles. The van der Waals surface area contributed by atoms with E-state index in [0.717, 1.165) is 0 Å². The highest BCUT2D eigenvalue weighted by Crippen LogP contribution is 2.51. The van der Waals surface area contributed by atoms with Crippen LogP contribution in [0.4, 0.5) is 0 Å². The molecule has 0 aliphatic heterocycles. The van der Waals surface area contributed by atoms with E-state index in [-0.39, 0.29) is 5.41 Å². The van der Waals surface area contributed by atoms with Gasteiger partial charge in [0.15, 0.2) is 0 Å². The zero-order chi connectivity index (χ0) is 14.3. The summed E-state index contributed by atoms with van der Waals surface area (Å²) >= 11 is 0. The maximum absolute atomic E-state index is 2.32. The SMILES string of the molecule is CC1=C(C(C)(C)C)c2ccccc2C1c1ccccc1. The van der Waals surface area contributed by atoms with Crippen molar-refractivity contribution in [2.75, 3.05) is 0 Å². The molecule has 0 nitrogen and oxygen atoms in total. The molecule has 0 bridgehead atoms. The van der Waals surface area contributed by atoms with Gasteiger partial charge in [0.2, 0.25) is 0 Å². The van der Waals surface area contributed by atoms with E-state index in [4.69, 9.17) is 0 Å². The number of benzene rings is 2. The Bertz CT molecular complexity index is 654. The Balaban J connectivity index is 2.24. The Morgan fingerprint density at radius 3 is 2.05 bits per heavy atom. The Morgan fingerprint density at radius 1 is 0.800 bits per heavy atom. The van der Waals surface area contributed by atoms with Crippen LogP contribution >= 0.6 is 0 Å². The van der Waals surface area contributed by atoms with E-state index in [1.54, 1.807) is 0 Å². The summed E-state index contributed by atoms with van der Waals surface area (Å²) in [4.78, 5) is 0. The van der Waals surface area contributed by atoms with Crippen molar-refractivity contribution in [3.8, 4) is 0 Å². The first-order chi connectivity index (χ1) is 9.50. The first-order valence-electron chi connectivity index (χ1n) is 7.35. The molecular weight excluding hydrogens is 240 g/mol. The molecule has 2 aromatic rings. The molecule has 0 saturated heterocycles. The minimum absolute atomic E-state index is 0.184. The van der Waals surface area contributed by atoms with Gasteiger partial charge in [0.05, 0.1) is 0 Å². The highest BCUT2D eigenvalue weighted by molar-refractivity contribution is 5.82. The maximum atomic E-state index is 2.32. The number of hydrogen-bond acceptors (Lipinski definition) is 0. The second-order valence-electron chi connectivity index (χ2n) is 6.74. The van der Waals surface area contributed by atoms with Crippen molar-refractivity contribution in [1.29, 1.82) is 0 Å². The molecule has 0 radical (unpaired) electrons. The summed E-state index contributed by atoms with van der Waals surface area (Å²) in [6.45, 7) is 9.25. The van der Waals surface area contributed by atoms with Crippen LogP contribution < -0.4 is 0 Å². The predicted octanol–water partition coefficient (Wildman–Crippen LogP) is 5.65. The Morgan fingerprint density at radius 2 is 1.40 bits per heavy atom. The quantitative estimate of drug-likeness (QED) is 0.622. The number of fused-ring (bicyclic) bond motifs is 1. The molecule has 0 heteroatoms. The zero-order valence-corrected chi connectivity index (χ0v) is 12.8. The van der Waals surface area contributed by atoms with Gasteiger partial charge in [0, 0.05) is 5.92 Å². The number of allylic oxidation sites excluding steroid dienone is 2. The van der Waals surface area contributed by atoms with Gasteiger partial charge in [0.1, 0.15) is 0 Å². The fraction of sp³-hybridized carbons (Fsp3) is 0.300. The molecule has 1 aliphatic rings. The van der Waals surface area contributed by atoms with E-state index in [2.05, 4.69) is 82.3 Å². The van der Waals surface area contributed by atoms with Crippen molar-refractivity contribution >= 4 is 5.57 Å². The lowest BCUT2D eigenvalue weighted by Gasteiger charge is -2.23. The van der Waals surface area contributed by atoms with E-state index in [9.17, 15) is 0 Å². The standard InChI is InChI=1S/C20H22/c1-14-18(15-10-6-5-7-11-15)16-12-8-9-13-17(16)19(14)20(2,3)4/h5-13,18H,1-4H3. The van der Waals surface area contributed by atoms with E-state index in [1.807, 2.05) is 0 Å². The second kappa shape index (κ2) is 4.63. The summed E-state index contributed by atoms with van der Waals surface area (Å²) in [7, 11) is 0.